The zero-order chi connectivity index (χ0) is 17.4. The average molecular weight is 330 g/mol. The highest BCUT2D eigenvalue weighted by Crippen LogP contribution is 2.26. The minimum atomic E-state index is 0.551. The molecule has 1 aromatic carbocycles. The van der Waals surface area contributed by atoms with Gasteiger partial charge in [-0.25, -0.2) is 0 Å². The van der Waals surface area contributed by atoms with E-state index in [4.69, 9.17) is 4.42 Å². The Bertz CT molecular complexity index is 558. The molecule has 132 valence electrons. The average Bonchev–Trinajstić information content (AvgIpc) is 3.08. The van der Waals surface area contributed by atoms with Gasteiger partial charge in [-0.05, 0) is 36.6 Å². The molecule has 0 radical (unpaired) electrons. The summed E-state index contributed by atoms with van der Waals surface area (Å²) in [6.45, 7) is 6.77. The van der Waals surface area contributed by atoms with E-state index >= 15 is 0 Å². The molecule has 2 aromatic rings. The molecule has 0 aliphatic heterocycles. The van der Waals surface area contributed by atoms with Gasteiger partial charge in [0.1, 0.15) is 12.3 Å². The monoisotopic (exact) mass is 329 g/mol. The van der Waals surface area contributed by atoms with Crippen LogP contribution in [0.25, 0.3) is 0 Å². The number of hydrogen-bond acceptors (Lipinski definition) is 2. The molecule has 0 aliphatic carbocycles. The third-order valence-corrected chi connectivity index (χ3v) is 4.59. The highest BCUT2D eigenvalue weighted by atomic mass is 16.3. The maximum atomic E-state index is 5.66. The Morgan fingerprint density at radius 2 is 1.75 bits per heavy atom. The minimum absolute atomic E-state index is 0.551. The molecule has 2 rings (SSSR count). The Hall–Kier alpha value is -1.74. The van der Waals surface area contributed by atoms with Crippen LogP contribution < -0.4 is 10.2 Å². The Morgan fingerprint density at radius 1 is 1.00 bits per heavy atom. The Morgan fingerprint density at radius 3 is 2.33 bits per heavy atom. The van der Waals surface area contributed by atoms with Crippen molar-refractivity contribution in [3.63, 3.8) is 0 Å². The predicted molar refractivity (Wildman–Crippen MR) is 101 cm³/mol. The summed E-state index contributed by atoms with van der Waals surface area (Å²) < 4.78 is 5.66. The van der Waals surface area contributed by atoms with E-state index in [2.05, 4.69) is 68.5 Å². The fourth-order valence-corrected chi connectivity index (χ4v) is 3.00. The van der Waals surface area contributed by atoms with Crippen molar-refractivity contribution in [1.82, 2.24) is 0 Å². The van der Waals surface area contributed by atoms with Crippen molar-refractivity contribution in [3.8, 4) is 0 Å². The largest absolute Gasteiger partial charge is 0.469 e. The number of nitrogens with zero attached hydrogens (tertiary/aromatic N) is 1. The number of benzene rings is 1. The van der Waals surface area contributed by atoms with Gasteiger partial charge in [-0.15, -0.1) is 0 Å². The SMILES string of the molecule is CC(C)CC[C@@H](CC[NH2+]Cc1ccc(N(C)C)cc1)c1ccco1. The number of hydrogen-bond donors (Lipinski definition) is 1. The van der Waals surface area contributed by atoms with E-state index in [1.165, 1.54) is 30.5 Å². The van der Waals surface area contributed by atoms with E-state index < -0.39 is 0 Å². The second kappa shape index (κ2) is 9.53. The van der Waals surface area contributed by atoms with E-state index in [0.717, 1.165) is 24.8 Å². The molecule has 0 bridgehead atoms. The van der Waals surface area contributed by atoms with Crippen molar-refractivity contribution in [1.29, 1.82) is 0 Å². The Labute approximate surface area is 147 Å². The molecule has 3 heteroatoms. The summed E-state index contributed by atoms with van der Waals surface area (Å²) in [4.78, 5) is 2.14. The van der Waals surface area contributed by atoms with Crippen LogP contribution in [-0.4, -0.2) is 20.6 Å². The smallest absolute Gasteiger partial charge is 0.107 e. The number of furan rings is 1. The fourth-order valence-electron chi connectivity index (χ4n) is 3.00. The van der Waals surface area contributed by atoms with Gasteiger partial charge in [0.25, 0.3) is 0 Å². The van der Waals surface area contributed by atoms with Gasteiger partial charge in [0.05, 0.1) is 12.8 Å². The van der Waals surface area contributed by atoms with E-state index in [1.807, 2.05) is 6.07 Å². The summed E-state index contributed by atoms with van der Waals surface area (Å²) in [5.41, 5.74) is 2.64. The Kier molecular flexibility index (Phi) is 7.38. The van der Waals surface area contributed by atoms with E-state index in [0.29, 0.717) is 5.92 Å². The standard InChI is InChI=1S/C21H32N2O/c1-17(2)7-10-19(21-6-5-15-24-21)13-14-22-16-18-8-11-20(12-9-18)23(3)4/h5-6,8-9,11-12,15,17,19,22H,7,10,13-14,16H2,1-4H3/p+1/t19-/m0/s1. The first-order chi connectivity index (χ1) is 11.6. The molecule has 0 spiro atoms. The second-order valence-corrected chi connectivity index (χ2v) is 7.31. The molecular weight excluding hydrogens is 296 g/mol. The maximum absolute atomic E-state index is 5.66. The highest BCUT2D eigenvalue weighted by Gasteiger charge is 2.15. The zero-order valence-corrected chi connectivity index (χ0v) is 15.7. The van der Waals surface area contributed by atoms with Crippen molar-refractivity contribution in [2.45, 2.75) is 45.6 Å². The van der Waals surface area contributed by atoms with Crippen LogP contribution >= 0.6 is 0 Å². The lowest BCUT2D eigenvalue weighted by Crippen LogP contribution is -2.82. The fraction of sp³-hybridized carbons (Fsp3) is 0.524. The summed E-state index contributed by atoms with van der Waals surface area (Å²) >= 11 is 0. The van der Waals surface area contributed by atoms with Crippen LogP contribution in [0.4, 0.5) is 5.69 Å². The van der Waals surface area contributed by atoms with Crippen LogP contribution in [0.5, 0.6) is 0 Å². The maximum Gasteiger partial charge on any atom is 0.107 e. The van der Waals surface area contributed by atoms with Gasteiger partial charge in [0, 0.05) is 37.7 Å². The lowest BCUT2D eigenvalue weighted by Gasteiger charge is -2.15. The quantitative estimate of drug-likeness (QED) is 0.668. The molecule has 1 aromatic heterocycles. The number of nitrogens with two attached hydrogens (primary N) is 1. The van der Waals surface area contributed by atoms with E-state index in [1.54, 1.807) is 6.26 Å². The van der Waals surface area contributed by atoms with E-state index in [-0.39, 0.29) is 0 Å². The molecule has 2 N–H and O–H groups in total. The number of rotatable bonds is 10. The minimum Gasteiger partial charge on any atom is -0.469 e. The number of anilines is 1. The molecule has 0 unspecified atom stereocenters. The van der Waals surface area contributed by atoms with E-state index in [9.17, 15) is 0 Å². The lowest BCUT2D eigenvalue weighted by molar-refractivity contribution is -0.671. The first-order valence-corrected chi connectivity index (χ1v) is 9.17. The highest BCUT2D eigenvalue weighted by molar-refractivity contribution is 5.45. The molecule has 1 atom stereocenters. The lowest BCUT2D eigenvalue weighted by atomic mass is 9.93. The number of quaternary nitrogens is 1. The summed E-state index contributed by atoms with van der Waals surface area (Å²) in [7, 11) is 4.15. The van der Waals surface area contributed by atoms with Gasteiger partial charge in [0.15, 0.2) is 0 Å². The molecule has 0 fully saturated rings. The van der Waals surface area contributed by atoms with Gasteiger partial charge in [0.2, 0.25) is 0 Å². The van der Waals surface area contributed by atoms with Crippen molar-refractivity contribution in [2.24, 2.45) is 5.92 Å². The molecule has 0 saturated heterocycles. The van der Waals surface area contributed by atoms with Gasteiger partial charge in [-0.3, -0.25) is 0 Å². The van der Waals surface area contributed by atoms with Gasteiger partial charge in [-0.2, -0.15) is 0 Å². The molecule has 3 nitrogen and oxygen atoms in total. The van der Waals surface area contributed by atoms with Crippen molar-refractivity contribution < 1.29 is 9.73 Å². The van der Waals surface area contributed by atoms with Gasteiger partial charge >= 0.3 is 0 Å². The zero-order valence-electron chi connectivity index (χ0n) is 15.7. The molecule has 1 heterocycles. The second-order valence-electron chi connectivity index (χ2n) is 7.31. The topological polar surface area (TPSA) is 33.0 Å². The normalized spacial score (nSPS) is 12.5. The molecular formula is C21H33N2O+. The predicted octanol–water partition coefficient (Wildman–Crippen LogP) is 4.02. The summed E-state index contributed by atoms with van der Waals surface area (Å²) in [6, 6.07) is 13.0. The van der Waals surface area contributed by atoms with Crippen LogP contribution in [0.1, 0.15) is 50.4 Å². The first-order valence-electron chi connectivity index (χ1n) is 9.17. The molecule has 24 heavy (non-hydrogen) atoms. The first kappa shape index (κ1) is 18.6. The van der Waals surface area contributed by atoms with Gasteiger partial charge in [-0.1, -0.05) is 32.4 Å². The molecule has 0 amide bonds. The van der Waals surface area contributed by atoms with Crippen LogP contribution in [0, 0.1) is 5.92 Å². The van der Waals surface area contributed by atoms with Crippen LogP contribution in [0.3, 0.4) is 0 Å². The van der Waals surface area contributed by atoms with Crippen LogP contribution in [-0.2, 0) is 6.54 Å². The third-order valence-electron chi connectivity index (χ3n) is 4.59. The molecule has 0 aliphatic rings. The summed E-state index contributed by atoms with van der Waals surface area (Å²) in [5, 5.41) is 2.41. The summed E-state index contributed by atoms with van der Waals surface area (Å²) in [6.07, 6.45) is 5.46. The van der Waals surface area contributed by atoms with Crippen molar-refractivity contribution in [3.05, 3.63) is 54.0 Å². The third kappa shape index (κ3) is 6.04. The van der Waals surface area contributed by atoms with Crippen molar-refractivity contribution >= 4 is 5.69 Å². The summed E-state index contributed by atoms with van der Waals surface area (Å²) in [5.74, 6) is 2.45. The Balaban J connectivity index is 1.77. The van der Waals surface area contributed by atoms with Crippen LogP contribution in [0.2, 0.25) is 0 Å². The van der Waals surface area contributed by atoms with Gasteiger partial charge < -0.3 is 14.6 Å². The van der Waals surface area contributed by atoms with Crippen molar-refractivity contribution in [2.75, 3.05) is 25.5 Å². The molecule has 0 saturated carbocycles. The van der Waals surface area contributed by atoms with Crippen LogP contribution in [0.15, 0.2) is 47.1 Å².